The molecule has 0 radical (unpaired) electrons. The largest absolute Gasteiger partial charge is 0.462 e. The van der Waals surface area contributed by atoms with Crippen LogP contribution in [0.2, 0.25) is 0 Å². The number of rotatable bonds is 3. The summed E-state index contributed by atoms with van der Waals surface area (Å²) in [5.74, 6) is 2.42. The normalized spacial score (nSPS) is 19.3. The minimum atomic E-state index is -0.0821. The average molecular weight is 886 g/mol. The van der Waals surface area contributed by atoms with E-state index in [9.17, 15) is 10.5 Å². The number of benzene rings is 6. The van der Waals surface area contributed by atoms with Gasteiger partial charge in [-0.25, -0.2) is 0 Å². The second kappa shape index (κ2) is 17.1. The van der Waals surface area contributed by atoms with Crippen LogP contribution in [0.1, 0.15) is 61.8 Å². The summed E-state index contributed by atoms with van der Waals surface area (Å²) in [6.45, 7) is 26.6. The number of furan rings is 1. The molecule has 8 aromatic rings. The zero-order chi connectivity index (χ0) is 47.4. The minimum Gasteiger partial charge on any atom is -0.462 e. The van der Waals surface area contributed by atoms with Gasteiger partial charge in [-0.2, -0.15) is 10.5 Å². The Kier molecular flexibility index (Phi) is 10.8. The van der Waals surface area contributed by atoms with Crippen LogP contribution in [0.25, 0.3) is 49.4 Å². The summed E-state index contributed by atoms with van der Waals surface area (Å²) in [5, 5.41) is 26.7. The molecular weight excluding hydrogens is 839 g/mol. The van der Waals surface area contributed by atoms with Crippen LogP contribution in [0.15, 0.2) is 217 Å². The fraction of sp³-hybridized carbons (Fsp3) is 0.100. The molecule has 6 aromatic carbocycles. The van der Waals surface area contributed by atoms with Crippen molar-refractivity contribution in [2.45, 2.75) is 39.5 Å². The molecule has 2 atom stereocenters. The fourth-order valence-corrected chi connectivity index (χ4v) is 9.63. The lowest BCUT2D eigenvalue weighted by Gasteiger charge is -2.35. The molecule has 0 N–H and O–H groups in total. The maximum absolute atomic E-state index is 11.4. The van der Waals surface area contributed by atoms with Gasteiger partial charge in [0.15, 0.2) is 0 Å². The van der Waals surface area contributed by atoms with Gasteiger partial charge in [0.05, 0.1) is 39.2 Å². The topological polar surface area (TPSA) is 90.6 Å². The smallest absolute Gasteiger partial charge is 0.137 e. The van der Waals surface area contributed by atoms with Crippen LogP contribution in [0, 0.1) is 22.7 Å². The lowest BCUT2D eigenvalue weighted by molar-refractivity contribution is 0.421. The molecule has 0 saturated heterocycles. The number of fused-ring (bicyclic) bond motifs is 8. The molecule has 8 nitrogen and oxygen atoms in total. The maximum atomic E-state index is 11.4. The van der Waals surface area contributed by atoms with E-state index in [1.807, 2.05) is 127 Å². The SMILES string of the molecule is C=C1/C=C\C(C)c2ccccc2O/C(C)=C/C(=C)N1c1c(C#N)cc(C#N)c(N2C(=C)/C=C\C(C)c3ccccc3O/C(C)=C/C2=C)c1-n1c2ccccc2c2cc3c(cc21)oc1ccccc13. The quantitative estimate of drug-likeness (QED) is 0.174. The Morgan fingerprint density at radius 1 is 0.500 bits per heavy atom. The van der Waals surface area contributed by atoms with Gasteiger partial charge in [-0.3, -0.25) is 0 Å². The molecule has 0 amide bonds. The Hall–Kier alpha value is -8.98. The van der Waals surface area contributed by atoms with Crippen molar-refractivity contribution in [3.8, 4) is 29.3 Å². The van der Waals surface area contributed by atoms with E-state index in [2.05, 4.69) is 99.4 Å². The molecule has 0 saturated carbocycles. The van der Waals surface area contributed by atoms with E-state index in [-0.39, 0.29) is 23.0 Å². The van der Waals surface area contributed by atoms with Crippen LogP contribution < -0.4 is 19.3 Å². The van der Waals surface area contributed by atoms with Crippen LogP contribution in [0.3, 0.4) is 0 Å². The molecule has 2 unspecified atom stereocenters. The number of hydrogen-bond donors (Lipinski definition) is 0. The second-order valence-electron chi connectivity index (χ2n) is 17.3. The van der Waals surface area contributed by atoms with Gasteiger partial charge in [-0.15, -0.1) is 0 Å². The number of nitrogens with zero attached hydrogens (tertiary/aromatic N) is 5. The highest BCUT2D eigenvalue weighted by atomic mass is 16.5. The van der Waals surface area contributed by atoms with Crippen molar-refractivity contribution in [3.63, 3.8) is 0 Å². The van der Waals surface area contributed by atoms with Crippen molar-refractivity contribution < 1.29 is 13.9 Å². The molecule has 8 heteroatoms. The molecule has 2 aliphatic heterocycles. The summed E-state index contributed by atoms with van der Waals surface area (Å²) in [6.07, 6.45) is 11.7. The van der Waals surface area contributed by atoms with E-state index in [1.54, 1.807) is 6.07 Å². The number of ether oxygens (including phenoxy) is 2. The summed E-state index contributed by atoms with van der Waals surface area (Å²) in [6, 6.07) is 42.9. The third-order valence-electron chi connectivity index (χ3n) is 12.7. The van der Waals surface area contributed by atoms with Crippen LogP contribution in [-0.2, 0) is 0 Å². The molecule has 0 fully saturated rings. The van der Waals surface area contributed by atoms with E-state index in [0.717, 1.165) is 60.8 Å². The minimum absolute atomic E-state index is 0.0821. The molecule has 0 bridgehead atoms. The van der Waals surface area contributed by atoms with E-state index in [4.69, 9.17) is 13.9 Å². The Morgan fingerprint density at radius 2 is 1.00 bits per heavy atom. The monoisotopic (exact) mass is 885 g/mol. The molecule has 2 aliphatic rings. The maximum Gasteiger partial charge on any atom is 0.137 e. The lowest BCUT2D eigenvalue weighted by Crippen LogP contribution is -2.27. The van der Waals surface area contributed by atoms with Gasteiger partial charge in [-0.05, 0) is 74.5 Å². The van der Waals surface area contributed by atoms with Gasteiger partial charge in [0.1, 0.15) is 46.3 Å². The number of aromatic nitrogens is 1. The molecule has 2 aromatic heterocycles. The highest BCUT2D eigenvalue weighted by molar-refractivity contribution is 6.18. The first-order valence-corrected chi connectivity index (χ1v) is 22.4. The molecule has 10 rings (SSSR count). The number of hydrogen-bond acceptors (Lipinski definition) is 7. The summed E-state index contributed by atoms with van der Waals surface area (Å²) < 4.78 is 21.8. The summed E-state index contributed by atoms with van der Waals surface area (Å²) in [7, 11) is 0. The Morgan fingerprint density at radius 3 is 1.56 bits per heavy atom. The van der Waals surface area contributed by atoms with Crippen molar-refractivity contribution in [2.75, 3.05) is 9.80 Å². The third-order valence-corrected chi connectivity index (χ3v) is 12.7. The van der Waals surface area contributed by atoms with E-state index >= 15 is 0 Å². The Bertz CT molecular complexity index is 3560. The predicted octanol–water partition coefficient (Wildman–Crippen LogP) is 15.4. The Balaban J connectivity index is 1.35. The second-order valence-corrected chi connectivity index (χ2v) is 17.3. The number of nitriles is 2. The Labute approximate surface area is 395 Å². The molecule has 330 valence electrons. The van der Waals surface area contributed by atoms with Crippen molar-refractivity contribution >= 4 is 55.1 Å². The van der Waals surface area contributed by atoms with E-state index in [1.165, 1.54) is 0 Å². The first-order valence-electron chi connectivity index (χ1n) is 22.4. The van der Waals surface area contributed by atoms with Gasteiger partial charge in [0, 0.05) is 73.4 Å². The summed E-state index contributed by atoms with van der Waals surface area (Å²) in [5.41, 5.74) is 8.69. The number of para-hydroxylation sites is 4. The predicted molar refractivity (Wildman–Crippen MR) is 276 cm³/mol. The lowest BCUT2D eigenvalue weighted by atomic mass is 9.98. The number of anilines is 2. The highest BCUT2D eigenvalue weighted by Gasteiger charge is 2.33. The van der Waals surface area contributed by atoms with Gasteiger partial charge in [0.25, 0.3) is 0 Å². The van der Waals surface area contributed by atoms with Crippen molar-refractivity contribution in [1.82, 2.24) is 4.57 Å². The number of allylic oxidation sites excluding steroid dienone is 8. The summed E-state index contributed by atoms with van der Waals surface area (Å²) >= 11 is 0. The zero-order valence-electron chi connectivity index (χ0n) is 38.4. The first-order chi connectivity index (χ1) is 32.9. The van der Waals surface area contributed by atoms with Gasteiger partial charge in [-0.1, -0.05) is 125 Å². The fourth-order valence-electron chi connectivity index (χ4n) is 9.63. The average Bonchev–Trinajstić information content (AvgIpc) is 3.85. The van der Waals surface area contributed by atoms with Crippen molar-refractivity contribution in [2.24, 2.45) is 0 Å². The van der Waals surface area contributed by atoms with Gasteiger partial charge in [0.2, 0.25) is 0 Å². The highest BCUT2D eigenvalue weighted by Crippen LogP contribution is 2.49. The molecule has 4 heterocycles. The third kappa shape index (κ3) is 7.26. The molecule has 0 spiro atoms. The van der Waals surface area contributed by atoms with E-state index < -0.39 is 0 Å². The van der Waals surface area contributed by atoms with Crippen LogP contribution in [0.4, 0.5) is 11.4 Å². The summed E-state index contributed by atoms with van der Waals surface area (Å²) in [4.78, 5) is 3.75. The van der Waals surface area contributed by atoms with E-state index in [0.29, 0.717) is 57.0 Å². The van der Waals surface area contributed by atoms with Gasteiger partial charge >= 0.3 is 0 Å². The molecular formula is C60H47N5O3. The van der Waals surface area contributed by atoms with Crippen molar-refractivity contribution in [3.05, 3.63) is 235 Å². The first kappa shape index (κ1) is 42.9. The van der Waals surface area contributed by atoms with Crippen LogP contribution in [0.5, 0.6) is 11.5 Å². The van der Waals surface area contributed by atoms with Crippen LogP contribution >= 0.6 is 0 Å². The standard InChI is InChI=1S/C60H47N5O3/c1-36-25-27-38(3)63(40(5)29-42(7)66-54-22-14-10-17-46(36)54)58-44(34-61)31-45(35-62)59(64-39(4)28-26-37(2)47-18-11-15-23-55(47)67-43(8)30-41(64)6)60(58)65-52-21-13-9-19-48(52)50-32-51-49-20-12-16-24-56(49)68-57(51)33-53(50)65/h9-33,36-37H,3-6H2,1-2,7-8H3/b27-25-,28-26-,42-29+,43-30+. The van der Waals surface area contributed by atoms with Crippen molar-refractivity contribution in [1.29, 1.82) is 10.5 Å². The molecule has 68 heavy (non-hydrogen) atoms. The zero-order valence-corrected chi connectivity index (χ0v) is 38.4. The van der Waals surface area contributed by atoms with Crippen LogP contribution in [-0.4, -0.2) is 4.57 Å². The molecule has 0 aliphatic carbocycles. The van der Waals surface area contributed by atoms with Gasteiger partial charge < -0.3 is 28.3 Å².